The van der Waals surface area contributed by atoms with Gasteiger partial charge in [0.05, 0.1) is 10.0 Å². The lowest BCUT2D eigenvalue weighted by atomic mass is 10.1. The lowest BCUT2D eigenvalue weighted by molar-refractivity contribution is -0.115. The number of anilines is 2. The van der Waals surface area contributed by atoms with Crippen molar-refractivity contribution in [2.75, 3.05) is 10.6 Å². The van der Waals surface area contributed by atoms with Crippen molar-refractivity contribution in [3.05, 3.63) is 153 Å². The van der Waals surface area contributed by atoms with Gasteiger partial charge in [-0.1, -0.05) is 71.7 Å². The molecule has 312 valence electrons. The molecule has 6 aromatic heterocycles. The molecule has 6 heterocycles. The molecule has 0 aliphatic rings. The molecule has 8 aromatic rings. The van der Waals surface area contributed by atoms with E-state index in [2.05, 4.69) is 51.5 Å². The van der Waals surface area contributed by atoms with Gasteiger partial charge in [0.15, 0.2) is 5.76 Å². The van der Waals surface area contributed by atoms with Gasteiger partial charge in [0.1, 0.15) is 33.3 Å². The number of hydrogen-bond donors (Lipinski definition) is 3. The number of carbonyl (C=O) groups is 3. The van der Waals surface area contributed by atoms with Gasteiger partial charge in [0.2, 0.25) is 29.4 Å². The molecule has 0 radical (unpaired) electrons. The summed E-state index contributed by atoms with van der Waals surface area (Å²) in [6.45, 7) is 6.48. The summed E-state index contributed by atoms with van der Waals surface area (Å²) in [5, 5.41) is 15.7. The summed E-state index contributed by atoms with van der Waals surface area (Å²) in [6.07, 6.45) is 6.64. The molecular formula is C45H35BrCl2N8O6. The van der Waals surface area contributed by atoms with Gasteiger partial charge >= 0.3 is 5.97 Å². The third-order valence-corrected chi connectivity index (χ3v) is 9.64. The number of benzene rings is 2. The Labute approximate surface area is 373 Å². The van der Waals surface area contributed by atoms with Gasteiger partial charge in [0, 0.05) is 60.9 Å². The molecule has 17 heteroatoms. The maximum Gasteiger partial charge on any atom is 0.374 e. The fourth-order valence-corrected chi connectivity index (χ4v) is 6.43. The molecule has 2 aromatic carbocycles. The first-order valence-corrected chi connectivity index (χ1v) is 20.1. The molecule has 0 saturated carbocycles. The molecule has 8 rings (SSSR count). The van der Waals surface area contributed by atoms with Crippen LogP contribution in [-0.4, -0.2) is 52.8 Å². The highest BCUT2D eigenvalue weighted by molar-refractivity contribution is 9.10. The van der Waals surface area contributed by atoms with Gasteiger partial charge in [-0.3, -0.25) is 14.6 Å². The second kappa shape index (κ2) is 20.5. The van der Waals surface area contributed by atoms with Gasteiger partial charge in [-0.05, 0) is 89.4 Å². The van der Waals surface area contributed by atoms with E-state index in [-0.39, 0.29) is 29.2 Å². The summed E-state index contributed by atoms with van der Waals surface area (Å²) in [7, 11) is 0. The minimum absolute atomic E-state index is 0.101. The Balaban J connectivity index is 0.000000179. The molecular weight excluding hydrogens is 899 g/mol. The Hall–Kier alpha value is -7.07. The van der Waals surface area contributed by atoms with Crippen LogP contribution < -0.4 is 10.6 Å². The molecule has 62 heavy (non-hydrogen) atoms. The predicted molar refractivity (Wildman–Crippen MR) is 241 cm³/mol. The fraction of sp³-hybridized carbons (Fsp3) is 0.0889. The first-order chi connectivity index (χ1) is 29.8. The molecule has 0 aliphatic heterocycles. The topological polar surface area (TPSA) is 199 Å². The number of rotatable bonds is 8. The van der Waals surface area contributed by atoms with Crippen LogP contribution in [0.4, 0.5) is 11.6 Å². The highest BCUT2D eigenvalue weighted by Gasteiger charge is 2.25. The van der Waals surface area contributed by atoms with Crippen LogP contribution in [0.1, 0.15) is 35.5 Å². The van der Waals surface area contributed by atoms with Gasteiger partial charge in [0.25, 0.3) is 0 Å². The number of pyridine rings is 4. The lowest BCUT2D eigenvalue weighted by Gasteiger charge is -2.05. The molecule has 0 bridgehead atoms. The first kappa shape index (κ1) is 44.5. The van der Waals surface area contributed by atoms with Crippen LogP contribution in [0.25, 0.3) is 56.9 Å². The number of nitrogens with one attached hydrogen (secondary N) is 2. The van der Waals surface area contributed by atoms with E-state index >= 15 is 0 Å². The van der Waals surface area contributed by atoms with Crippen LogP contribution in [0.2, 0.25) is 10.0 Å². The maximum absolute atomic E-state index is 11.6. The zero-order chi connectivity index (χ0) is 44.3. The van der Waals surface area contributed by atoms with Crippen LogP contribution in [0, 0.1) is 13.8 Å². The number of carboxylic acid groups (broad SMARTS) is 1. The number of aromatic carboxylic acids is 1. The average molecular weight is 935 g/mol. The molecule has 0 spiro atoms. The number of oxazole rings is 2. The van der Waals surface area contributed by atoms with Gasteiger partial charge < -0.3 is 24.6 Å². The Morgan fingerprint density at radius 1 is 0.613 bits per heavy atom. The third-order valence-electron chi connectivity index (χ3n) is 8.51. The average Bonchev–Trinajstić information content (AvgIpc) is 3.90. The molecule has 3 N–H and O–H groups in total. The van der Waals surface area contributed by atoms with Gasteiger partial charge in [-0.25, -0.2) is 29.7 Å². The summed E-state index contributed by atoms with van der Waals surface area (Å²) < 4.78 is 12.6. The third kappa shape index (κ3) is 11.2. The summed E-state index contributed by atoms with van der Waals surface area (Å²) in [5.41, 5.74) is 5.39. The van der Waals surface area contributed by atoms with Crippen molar-refractivity contribution in [2.24, 2.45) is 0 Å². The van der Waals surface area contributed by atoms with E-state index in [1.165, 1.54) is 13.8 Å². The molecule has 14 nitrogen and oxygen atoms in total. The predicted octanol–water partition coefficient (Wildman–Crippen LogP) is 11.3. The lowest BCUT2D eigenvalue weighted by Crippen LogP contribution is -2.07. The number of hydrogen-bond acceptors (Lipinski definition) is 11. The molecule has 0 fully saturated rings. The van der Waals surface area contributed by atoms with E-state index in [0.29, 0.717) is 61.4 Å². The number of carboxylic acids is 1. The first-order valence-electron chi connectivity index (χ1n) is 18.5. The highest BCUT2D eigenvalue weighted by atomic mass is 79.9. The Bertz CT molecular complexity index is 2870. The number of aryl methyl sites for hydroxylation is 2. The summed E-state index contributed by atoms with van der Waals surface area (Å²) >= 11 is 15.8. The second-order valence-corrected chi connectivity index (χ2v) is 14.8. The Morgan fingerprint density at radius 3 is 1.55 bits per heavy atom. The minimum Gasteiger partial charge on any atom is -0.475 e. The molecule has 0 aliphatic carbocycles. The quantitative estimate of drug-likeness (QED) is 0.122. The van der Waals surface area contributed by atoms with E-state index in [0.717, 1.165) is 21.3 Å². The molecule has 0 unspecified atom stereocenters. The van der Waals surface area contributed by atoms with Crippen molar-refractivity contribution in [1.82, 2.24) is 29.9 Å². The molecule has 2 amide bonds. The van der Waals surface area contributed by atoms with E-state index in [1.54, 1.807) is 74.2 Å². The van der Waals surface area contributed by atoms with Gasteiger partial charge in [-0.15, -0.1) is 0 Å². The number of halogens is 3. The van der Waals surface area contributed by atoms with E-state index in [9.17, 15) is 19.5 Å². The maximum atomic E-state index is 11.6. The monoisotopic (exact) mass is 932 g/mol. The smallest absolute Gasteiger partial charge is 0.374 e. The van der Waals surface area contributed by atoms with E-state index in [1.807, 2.05) is 61.5 Å². The van der Waals surface area contributed by atoms with Crippen molar-refractivity contribution in [3.63, 3.8) is 0 Å². The normalized spacial score (nSPS) is 10.4. The number of carbonyl (C=O) groups excluding carboxylic acids is 2. The summed E-state index contributed by atoms with van der Waals surface area (Å²) in [4.78, 5) is 59.9. The zero-order valence-electron chi connectivity index (χ0n) is 33.4. The number of aromatic nitrogens is 6. The highest BCUT2D eigenvalue weighted by Crippen LogP contribution is 2.39. The number of nitrogens with zero attached hydrogens (tertiary/aromatic N) is 6. The van der Waals surface area contributed by atoms with Crippen molar-refractivity contribution in [1.29, 1.82) is 0 Å². The summed E-state index contributed by atoms with van der Waals surface area (Å²) in [5.74, 6) is -0.296. The summed E-state index contributed by atoms with van der Waals surface area (Å²) in [6, 6.07) is 28.8. The van der Waals surface area contributed by atoms with Crippen LogP contribution in [0.3, 0.4) is 0 Å². The van der Waals surface area contributed by atoms with Crippen LogP contribution in [0.15, 0.2) is 135 Å². The van der Waals surface area contributed by atoms with Gasteiger partial charge in [-0.2, -0.15) is 0 Å². The van der Waals surface area contributed by atoms with Crippen molar-refractivity contribution >= 4 is 68.6 Å². The van der Waals surface area contributed by atoms with Crippen molar-refractivity contribution in [2.45, 2.75) is 27.7 Å². The SMILES string of the molecule is Brc1ccccn1.CC(=O)Nc1cc(-c2nc(-c3ccccc3Cl)c(-c3ccccn3)o2)c(C)cn1.CC(=O)Nc1cc(-c2nc(-c3ccccc3Cl)c(C(=O)O)o2)c(C)cn1. The Morgan fingerprint density at radius 2 is 1.10 bits per heavy atom. The largest absolute Gasteiger partial charge is 0.475 e. The van der Waals surface area contributed by atoms with Crippen LogP contribution in [0.5, 0.6) is 0 Å². The zero-order valence-corrected chi connectivity index (χ0v) is 36.5. The van der Waals surface area contributed by atoms with Crippen molar-refractivity contribution in [3.8, 4) is 56.9 Å². The van der Waals surface area contributed by atoms with Crippen LogP contribution >= 0.6 is 39.1 Å². The Kier molecular flexibility index (Phi) is 14.7. The number of amides is 2. The standard InChI is InChI=1S/C22H17ClN4O2.C18H14ClN3O4.C5H4BrN/c1-13-12-25-19(26-14(2)28)11-16(13)22-27-20(15-7-3-4-8-17(15)23)21(29-22)18-9-5-6-10-24-18;1-9-8-20-14(21-10(2)23)7-12(9)17-22-15(16(26-17)18(24)25)11-5-3-4-6-13(11)19;6-5-3-1-2-4-7-5/h3-12H,1-2H3,(H,25,26,28);3-8H,1-2H3,(H,24,25)(H,20,21,23);1-4H. The van der Waals surface area contributed by atoms with Crippen molar-refractivity contribution < 1.29 is 28.3 Å². The fourth-order valence-electron chi connectivity index (χ4n) is 5.71. The minimum atomic E-state index is -1.26. The van der Waals surface area contributed by atoms with E-state index in [4.69, 9.17) is 37.0 Å². The van der Waals surface area contributed by atoms with E-state index < -0.39 is 5.97 Å². The molecule has 0 saturated heterocycles. The second-order valence-electron chi connectivity index (χ2n) is 13.2. The van der Waals surface area contributed by atoms with Crippen LogP contribution in [-0.2, 0) is 9.59 Å². The molecule has 0 atom stereocenters.